The third kappa shape index (κ3) is 4.34. The highest BCUT2D eigenvalue weighted by molar-refractivity contribution is 6.53. The van der Waals surface area contributed by atoms with Crippen molar-refractivity contribution in [1.82, 2.24) is 0 Å². The van der Waals surface area contributed by atoms with Gasteiger partial charge in [0.05, 0.1) is 22.4 Å². The van der Waals surface area contributed by atoms with Crippen LogP contribution in [0.2, 0.25) is 5.02 Å². The van der Waals surface area contributed by atoms with Gasteiger partial charge in [-0.25, -0.2) is 8.78 Å². The van der Waals surface area contributed by atoms with Crippen LogP contribution in [0.3, 0.4) is 0 Å². The second-order valence-electron chi connectivity index (χ2n) is 8.28. The molecule has 0 radical (unpaired) electrons. The lowest BCUT2D eigenvalue weighted by Crippen LogP contribution is -2.17. The van der Waals surface area contributed by atoms with E-state index >= 15 is 0 Å². The topological polar surface area (TPSA) is 70.0 Å². The van der Waals surface area contributed by atoms with Crippen molar-refractivity contribution in [2.75, 3.05) is 5.32 Å². The minimum atomic E-state index is -2.65. The molecule has 2 aromatic carbocycles. The van der Waals surface area contributed by atoms with Crippen LogP contribution in [0.15, 0.2) is 42.5 Å². The van der Waals surface area contributed by atoms with E-state index in [1.807, 2.05) is 0 Å². The lowest BCUT2D eigenvalue weighted by molar-refractivity contribution is -0.117. The number of nitrogens with zero attached hydrogens (tertiary/aromatic N) is 1. The molecule has 2 unspecified atom stereocenters. The summed E-state index contributed by atoms with van der Waals surface area (Å²) in [5.41, 5.74) is 0.187. The summed E-state index contributed by atoms with van der Waals surface area (Å²) < 4.78 is 24.6. The maximum atomic E-state index is 13.0. The molecule has 0 bridgehead atoms. The van der Waals surface area contributed by atoms with E-state index in [1.165, 1.54) is 36.4 Å². The van der Waals surface area contributed by atoms with Gasteiger partial charge in [-0.2, -0.15) is 5.26 Å². The van der Waals surface area contributed by atoms with Gasteiger partial charge in [0, 0.05) is 29.2 Å². The minimum absolute atomic E-state index is 0.0677. The smallest absolute Gasteiger partial charge is 0.263 e. The molecule has 2 atom stereocenters. The fourth-order valence-corrected chi connectivity index (χ4v) is 4.93. The van der Waals surface area contributed by atoms with Crippen LogP contribution in [-0.2, 0) is 4.79 Å². The Bertz CT molecular complexity index is 1140. The van der Waals surface area contributed by atoms with Crippen LogP contribution < -0.4 is 5.32 Å². The predicted molar refractivity (Wildman–Crippen MR) is 118 cm³/mol. The molecule has 1 N–H and O–H groups in total. The molecular weight excluding hydrogens is 481 g/mol. The van der Waals surface area contributed by atoms with E-state index in [0.717, 1.165) is 0 Å². The third-order valence-corrected chi connectivity index (χ3v) is 7.25. The van der Waals surface area contributed by atoms with Crippen LogP contribution in [0.5, 0.6) is 0 Å². The van der Waals surface area contributed by atoms with Crippen LogP contribution in [0.4, 0.5) is 14.5 Å². The third-order valence-electron chi connectivity index (χ3n) is 5.98. The van der Waals surface area contributed by atoms with E-state index in [1.54, 1.807) is 6.07 Å². The van der Waals surface area contributed by atoms with E-state index in [0.29, 0.717) is 24.1 Å². The molecule has 0 saturated heterocycles. The van der Waals surface area contributed by atoms with E-state index in [9.17, 15) is 23.6 Å². The number of rotatable bonds is 7. The van der Waals surface area contributed by atoms with Gasteiger partial charge in [0.2, 0.25) is 5.91 Å². The second-order valence-corrected chi connectivity index (χ2v) is 10.1. The quantitative estimate of drug-likeness (QED) is 0.343. The van der Waals surface area contributed by atoms with Gasteiger partial charge >= 0.3 is 0 Å². The van der Waals surface area contributed by atoms with Gasteiger partial charge in [0.25, 0.3) is 6.43 Å². The number of ketones is 1. The minimum Gasteiger partial charge on any atom is -0.326 e. The Morgan fingerprint density at radius 1 is 1.19 bits per heavy atom. The zero-order valence-corrected chi connectivity index (χ0v) is 18.8. The highest BCUT2D eigenvalue weighted by Crippen LogP contribution is 2.65. The Morgan fingerprint density at radius 2 is 1.91 bits per heavy atom. The fourth-order valence-electron chi connectivity index (χ4n) is 3.87. The van der Waals surface area contributed by atoms with Crippen LogP contribution in [-0.4, -0.2) is 16.0 Å². The van der Waals surface area contributed by atoms with Crippen molar-refractivity contribution in [3.8, 4) is 6.07 Å². The first kappa shape index (κ1) is 23.0. The van der Waals surface area contributed by atoms with Crippen LogP contribution in [0.25, 0.3) is 0 Å². The number of amides is 1. The lowest BCUT2D eigenvalue weighted by Gasteiger charge is -2.10. The molecular formula is C23H17Cl3F2N2O2. The maximum absolute atomic E-state index is 13.0. The standard InChI is InChI=1S/C23H17Cl3F2N2O2/c24-16-5-4-14(9-15(16)17(31)10-22(11-29)6-7-22)30-21(32)19-18(23(19,25)26)12-2-1-3-13(8-12)20(27)28/h1-5,8-9,18-20H,6-7,10H2,(H,30,32). The molecule has 32 heavy (non-hydrogen) atoms. The number of alkyl halides is 4. The monoisotopic (exact) mass is 496 g/mol. The maximum Gasteiger partial charge on any atom is 0.263 e. The summed E-state index contributed by atoms with van der Waals surface area (Å²) in [6.45, 7) is 0. The number of nitriles is 1. The van der Waals surface area contributed by atoms with E-state index in [4.69, 9.17) is 34.8 Å². The summed E-state index contributed by atoms with van der Waals surface area (Å²) in [7, 11) is 0. The molecule has 1 amide bonds. The number of anilines is 1. The first-order chi connectivity index (χ1) is 15.1. The van der Waals surface area contributed by atoms with Crippen molar-refractivity contribution < 1.29 is 18.4 Å². The van der Waals surface area contributed by atoms with E-state index in [2.05, 4.69) is 11.4 Å². The van der Waals surface area contributed by atoms with Crippen LogP contribution in [0.1, 0.15) is 53.1 Å². The Hall–Kier alpha value is -2.20. The highest BCUT2D eigenvalue weighted by atomic mass is 35.5. The van der Waals surface area contributed by atoms with Crippen molar-refractivity contribution >= 4 is 52.2 Å². The number of hydrogen-bond donors (Lipinski definition) is 1. The van der Waals surface area contributed by atoms with Crippen molar-refractivity contribution in [2.45, 2.75) is 35.9 Å². The number of carbonyl (C=O) groups is 2. The molecule has 2 fully saturated rings. The van der Waals surface area contributed by atoms with Crippen molar-refractivity contribution in [1.29, 1.82) is 5.26 Å². The van der Waals surface area contributed by atoms with Gasteiger partial charge in [-0.05, 0) is 42.7 Å². The lowest BCUT2D eigenvalue weighted by atomic mass is 9.96. The van der Waals surface area contributed by atoms with Gasteiger partial charge in [-0.15, -0.1) is 23.2 Å². The zero-order chi connectivity index (χ0) is 23.3. The number of carbonyl (C=O) groups excluding carboxylic acids is 2. The molecule has 2 aliphatic rings. The highest BCUT2D eigenvalue weighted by Gasteiger charge is 2.67. The number of benzene rings is 2. The normalized spacial score (nSPS) is 22.2. The Morgan fingerprint density at radius 3 is 2.53 bits per heavy atom. The van der Waals surface area contributed by atoms with Gasteiger partial charge in [0.1, 0.15) is 4.33 Å². The molecule has 2 aromatic rings. The molecule has 4 nitrogen and oxygen atoms in total. The SMILES string of the molecule is N#CC1(CC(=O)c2cc(NC(=O)C3C(c4cccc(C(F)F)c4)C3(Cl)Cl)ccc2Cl)CC1. The summed E-state index contributed by atoms with van der Waals surface area (Å²) >= 11 is 18.8. The number of nitrogens with one attached hydrogen (secondary N) is 1. The van der Waals surface area contributed by atoms with Crippen molar-refractivity contribution in [2.24, 2.45) is 11.3 Å². The van der Waals surface area contributed by atoms with Crippen LogP contribution >= 0.6 is 34.8 Å². The van der Waals surface area contributed by atoms with Crippen molar-refractivity contribution in [3.63, 3.8) is 0 Å². The Balaban J connectivity index is 1.50. The van der Waals surface area contributed by atoms with Gasteiger partial charge in [-0.3, -0.25) is 9.59 Å². The molecule has 9 heteroatoms. The van der Waals surface area contributed by atoms with Gasteiger partial charge in [0.15, 0.2) is 5.78 Å². The largest absolute Gasteiger partial charge is 0.326 e. The Labute approximate surface area is 198 Å². The Kier molecular flexibility index (Phi) is 5.96. The number of Topliss-reactive ketones (excluding diaryl/α,β-unsaturated/α-hetero) is 1. The summed E-state index contributed by atoms with van der Waals surface area (Å²) in [6, 6.07) is 12.3. The van der Waals surface area contributed by atoms with E-state index in [-0.39, 0.29) is 28.4 Å². The molecule has 2 aliphatic carbocycles. The van der Waals surface area contributed by atoms with Gasteiger partial charge in [-0.1, -0.05) is 29.8 Å². The molecule has 0 aromatic heterocycles. The molecule has 2 saturated carbocycles. The first-order valence-electron chi connectivity index (χ1n) is 9.89. The molecule has 166 valence electrons. The predicted octanol–water partition coefficient (Wildman–Crippen LogP) is 6.68. The molecule has 4 rings (SSSR count). The average Bonchev–Trinajstić information content (AvgIpc) is 3.64. The van der Waals surface area contributed by atoms with Gasteiger partial charge < -0.3 is 5.32 Å². The average molecular weight is 498 g/mol. The zero-order valence-electron chi connectivity index (χ0n) is 16.5. The number of halogens is 5. The van der Waals surface area contributed by atoms with E-state index < -0.39 is 33.9 Å². The second kappa shape index (κ2) is 8.30. The van der Waals surface area contributed by atoms with Crippen LogP contribution in [0, 0.1) is 22.7 Å². The molecule has 0 heterocycles. The summed E-state index contributed by atoms with van der Waals surface area (Å²) in [5, 5.41) is 12.1. The van der Waals surface area contributed by atoms with Crippen molar-refractivity contribution in [3.05, 3.63) is 64.2 Å². The molecule has 0 aliphatic heterocycles. The summed E-state index contributed by atoms with van der Waals surface area (Å²) in [6.07, 6.45) is -1.24. The summed E-state index contributed by atoms with van der Waals surface area (Å²) in [5.74, 6) is -2.29. The summed E-state index contributed by atoms with van der Waals surface area (Å²) in [4.78, 5) is 25.5. The number of hydrogen-bond acceptors (Lipinski definition) is 3. The molecule has 0 spiro atoms. The first-order valence-corrected chi connectivity index (χ1v) is 11.0. The fraction of sp³-hybridized carbons (Fsp3) is 0.348.